The molecule has 0 amide bonds. The molecule has 3 heteroatoms. The van der Waals surface area contributed by atoms with Crippen molar-refractivity contribution in [2.24, 2.45) is 0 Å². The van der Waals surface area contributed by atoms with Gasteiger partial charge in [0.05, 0.1) is 12.1 Å². The van der Waals surface area contributed by atoms with E-state index in [0.29, 0.717) is 6.04 Å². The Kier molecular flexibility index (Phi) is 4.62. The lowest BCUT2D eigenvalue weighted by Crippen LogP contribution is -2.35. The Morgan fingerprint density at radius 2 is 1.88 bits per heavy atom. The molecule has 1 N–H and O–H groups in total. The predicted molar refractivity (Wildman–Crippen MR) is 65.1 cm³/mol. The summed E-state index contributed by atoms with van der Waals surface area (Å²) in [6, 6.07) is 3.12. The summed E-state index contributed by atoms with van der Waals surface area (Å²) in [5.41, 5.74) is 0. The summed E-state index contributed by atoms with van der Waals surface area (Å²) >= 11 is 0. The minimum Gasteiger partial charge on any atom is -0.303 e. The van der Waals surface area contributed by atoms with E-state index in [4.69, 9.17) is 5.26 Å². The highest BCUT2D eigenvalue weighted by Crippen LogP contribution is 2.20. The van der Waals surface area contributed by atoms with E-state index < -0.39 is 0 Å². The highest BCUT2D eigenvalue weighted by atomic mass is 15.1. The Morgan fingerprint density at radius 1 is 1.19 bits per heavy atom. The van der Waals surface area contributed by atoms with Gasteiger partial charge in [0.25, 0.3) is 0 Å². The van der Waals surface area contributed by atoms with Crippen LogP contribution < -0.4 is 5.32 Å². The van der Waals surface area contributed by atoms with Gasteiger partial charge in [0.1, 0.15) is 0 Å². The average Bonchev–Trinajstić information content (AvgIpc) is 3.11. The highest BCUT2D eigenvalue weighted by molar-refractivity contribution is 4.96. The molecule has 1 saturated carbocycles. The number of hydrogen-bond acceptors (Lipinski definition) is 3. The third kappa shape index (κ3) is 4.11. The van der Waals surface area contributed by atoms with E-state index in [9.17, 15) is 0 Å². The normalized spacial score (nSPS) is 24.7. The average molecular weight is 221 g/mol. The van der Waals surface area contributed by atoms with Crippen LogP contribution in [0, 0.1) is 11.3 Å². The molecule has 0 aromatic rings. The lowest BCUT2D eigenvalue weighted by atomic mass is 10.2. The third-order valence-corrected chi connectivity index (χ3v) is 3.60. The summed E-state index contributed by atoms with van der Waals surface area (Å²) < 4.78 is 0. The fourth-order valence-electron chi connectivity index (χ4n) is 2.39. The second-order valence-electron chi connectivity index (χ2n) is 5.17. The van der Waals surface area contributed by atoms with Gasteiger partial charge in [0.2, 0.25) is 0 Å². The number of nitriles is 1. The quantitative estimate of drug-likeness (QED) is 0.770. The van der Waals surface area contributed by atoms with Crippen LogP contribution >= 0.6 is 0 Å². The predicted octanol–water partition coefficient (Wildman–Crippen LogP) is 1.90. The maximum Gasteiger partial charge on any atom is 0.0967 e. The maximum atomic E-state index is 9.06. The van der Waals surface area contributed by atoms with Gasteiger partial charge < -0.3 is 4.90 Å². The molecular weight excluding hydrogens is 198 g/mol. The van der Waals surface area contributed by atoms with Gasteiger partial charge in [-0.1, -0.05) is 12.8 Å². The van der Waals surface area contributed by atoms with E-state index in [2.05, 4.69) is 16.3 Å². The Morgan fingerprint density at radius 3 is 2.44 bits per heavy atom. The Balaban J connectivity index is 1.65. The van der Waals surface area contributed by atoms with Crippen LogP contribution in [0.5, 0.6) is 0 Å². The Labute approximate surface area is 98.8 Å². The summed E-state index contributed by atoms with van der Waals surface area (Å²) in [5, 5.41) is 12.5. The fourth-order valence-corrected chi connectivity index (χ4v) is 2.39. The van der Waals surface area contributed by atoms with Crippen molar-refractivity contribution in [3.63, 3.8) is 0 Å². The molecule has 1 aliphatic heterocycles. The maximum absolute atomic E-state index is 9.06. The summed E-state index contributed by atoms with van der Waals surface area (Å²) in [7, 11) is 0. The number of hydrogen-bond donors (Lipinski definition) is 1. The van der Waals surface area contributed by atoms with Crippen molar-refractivity contribution in [3.05, 3.63) is 0 Å². The van der Waals surface area contributed by atoms with Gasteiger partial charge in [-0.2, -0.15) is 5.26 Å². The first-order valence-corrected chi connectivity index (χ1v) is 6.76. The first kappa shape index (κ1) is 11.9. The standard InChI is InChI=1S/C13H23N3/c14-11-13(15-12-5-6-12)7-10-16-8-3-1-2-4-9-16/h12-13,15H,1-10H2. The molecule has 2 aliphatic rings. The third-order valence-electron chi connectivity index (χ3n) is 3.60. The van der Waals surface area contributed by atoms with Crippen LogP contribution in [0.15, 0.2) is 0 Å². The number of nitrogens with one attached hydrogen (secondary N) is 1. The van der Waals surface area contributed by atoms with Crippen LogP contribution in [-0.4, -0.2) is 36.6 Å². The topological polar surface area (TPSA) is 39.1 Å². The van der Waals surface area contributed by atoms with Crippen molar-refractivity contribution in [2.75, 3.05) is 19.6 Å². The van der Waals surface area contributed by atoms with E-state index >= 15 is 0 Å². The number of nitrogens with zero attached hydrogens (tertiary/aromatic N) is 2. The van der Waals surface area contributed by atoms with Gasteiger partial charge in [0, 0.05) is 12.6 Å². The van der Waals surface area contributed by atoms with Gasteiger partial charge in [-0.15, -0.1) is 0 Å². The van der Waals surface area contributed by atoms with Crippen LogP contribution in [0.1, 0.15) is 44.9 Å². The summed E-state index contributed by atoms with van der Waals surface area (Å²) in [4.78, 5) is 2.53. The van der Waals surface area contributed by atoms with Gasteiger partial charge in [0.15, 0.2) is 0 Å². The number of rotatable bonds is 5. The molecule has 1 aliphatic carbocycles. The summed E-state index contributed by atoms with van der Waals surface area (Å²) in [6.07, 6.45) is 8.98. The lowest BCUT2D eigenvalue weighted by molar-refractivity contribution is 0.273. The molecule has 3 nitrogen and oxygen atoms in total. The minimum atomic E-state index is 0.0794. The van der Waals surface area contributed by atoms with E-state index in [1.807, 2.05) is 0 Å². The van der Waals surface area contributed by atoms with Crippen molar-refractivity contribution in [3.8, 4) is 6.07 Å². The molecule has 2 fully saturated rings. The molecule has 16 heavy (non-hydrogen) atoms. The molecule has 1 unspecified atom stereocenters. The molecule has 2 rings (SSSR count). The molecule has 1 saturated heterocycles. The van der Waals surface area contributed by atoms with Crippen molar-refractivity contribution in [1.29, 1.82) is 5.26 Å². The lowest BCUT2D eigenvalue weighted by Gasteiger charge is -2.21. The van der Waals surface area contributed by atoms with Crippen LogP contribution in [0.2, 0.25) is 0 Å². The zero-order valence-electron chi connectivity index (χ0n) is 10.1. The van der Waals surface area contributed by atoms with Crippen LogP contribution in [0.3, 0.4) is 0 Å². The van der Waals surface area contributed by atoms with Crippen molar-refractivity contribution in [1.82, 2.24) is 10.2 Å². The summed E-state index contributed by atoms with van der Waals surface area (Å²) in [5.74, 6) is 0. The fraction of sp³-hybridized carbons (Fsp3) is 0.923. The van der Waals surface area contributed by atoms with Crippen molar-refractivity contribution >= 4 is 0 Å². The van der Waals surface area contributed by atoms with E-state index in [0.717, 1.165) is 13.0 Å². The molecule has 1 atom stereocenters. The molecule has 0 bridgehead atoms. The van der Waals surface area contributed by atoms with E-state index in [1.165, 1.54) is 51.6 Å². The monoisotopic (exact) mass is 221 g/mol. The smallest absolute Gasteiger partial charge is 0.0967 e. The zero-order chi connectivity index (χ0) is 11.2. The SMILES string of the molecule is N#CC(CCN1CCCCCC1)NC1CC1. The Bertz CT molecular complexity index is 234. The van der Waals surface area contributed by atoms with Gasteiger partial charge in [-0.25, -0.2) is 0 Å². The van der Waals surface area contributed by atoms with E-state index in [1.54, 1.807) is 0 Å². The van der Waals surface area contributed by atoms with Crippen LogP contribution in [-0.2, 0) is 0 Å². The Hall–Kier alpha value is -0.590. The second-order valence-corrected chi connectivity index (χ2v) is 5.17. The van der Waals surface area contributed by atoms with Crippen molar-refractivity contribution in [2.45, 2.75) is 57.0 Å². The first-order valence-electron chi connectivity index (χ1n) is 6.76. The zero-order valence-corrected chi connectivity index (χ0v) is 10.1. The molecule has 0 spiro atoms. The van der Waals surface area contributed by atoms with Crippen LogP contribution in [0.4, 0.5) is 0 Å². The highest BCUT2D eigenvalue weighted by Gasteiger charge is 2.24. The second kappa shape index (κ2) is 6.22. The van der Waals surface area contributed by atoms with Gasteiger partial charge in [-0.05, 0) is 45.2 Å². The summed E-state index contributed by atoms with van der Waals surface area (Å²) in [6.45, 7) is 3.57. The first-order chi connectivity index (χ1) is 7.88. The molecular formula is C13H23N3. The largest absolute Gasteiger partial charge is 0.303 e. The molecule has 0 radical (unpaired) electrons. The molecule has 1 heterocycles. The van der Waals surface area contributed by atoms with E-state index in [-0.39, 0.29) is 6.04 Å². The number of likely N-dealkylation sites (tertiary alicyclic amines) is 1. The molecule has 90 valence electrons. The molecule has 0 aromatic carbocycles. The van der Waals surface area contributed by atoms with Gasteiger partial charge >= 0.3 is 0 Å². The minimum absolute atomic E-state index is 0.0794. The van der Waals surface area contributed by atoms with Gasteiger partial charge in [-0.3, -0.25) is 5.32 Å². The van der Waals surface area contributed by atoms with Crippen molar-refractivity contribution < 1.29 is 0 Å². The van der Waals surface area contributed by atoms with Crippen LogP contribution in [0.25, 0.3) is 0 Å². The molecule has 0 aromatic heterocycles.